The fraction of sp³-hybridized carbons (Fsp3) is 0.808. The molecule has 0 aromatic rings. The molecular formula is C26H38O6. The van der Waals surface area contributed by atoms with Gasteiger partial charge < -0.3 is 14.2 Å². The average molecular weight is 447 g/mol. The van der Waals surface area contributed by atoms with Crippen LogP contribution in [0.15, 0.2) is 12.2 Å². The maximum atomic E-state index is 12.1. The van der Waals surface area contributed by atoms with Gasteiger partial charge in [0, 0.05) is 37.5 Å². The summed E-state index contributed by atoms with van der Waals surface area (Å²) in [5.41, 5.74) is 0.382. The molecule has 1 unspecified atom stereocenters. The summed E-state index contributed by atoms with van der Waals surface area (Å²) in [6, 6.07) is 0. The van der Waals surface area contributed by atoms with E-state index in [-0.39, 0.29) is 64.3 Å². The van der Waals surface area contributed by atoms with Crippen LogP contribution in [0.4, 0.5) is 0 Å². The lowest BCUT2D eigenvalue weighted by Crippen LogP contribution is -2.65. The third-order valence-electron chi connectivity index (χ3n) is 9.51. The molecule has 6 nitrogen and oxygen atoms in total. The zero-order valence-electron chi connectivity index (χ0n) is 20.4. The first-order valence-corrected chi connectivity index (χ1v) is 12.0. The third kappa shape index (κ3) is 3.31. The second kappa shape index (κ2) is 7.59. The summed E-state index contributed by atoms with van der Waals surface area (Å²) in [6.45, 7) is 15.5. The average Bonchev–Trinajstić information content (AvgIpc) is 2.84. The largest absolute Gasteiger partial charge is 0.462 e. The van der Waals surface area contributed by atoms with Gasteiger partial charge in [0.05, 0.1) is 0 Å². The van der Waals surface area contributed by atoms with E-state index in [4.69, 9.17) is 14.2 Å². The maximum absolute atomic E-state index is 12.1. The van der Waals surface area contributed by atoms with Crippen molar-refractivity contribution in [1.29, 1.82) is 0 Å². The van der Waals surface area contributed by atoms with E-state index >= 15 is 0 Å². The fourth-order valence-electron chi connectivity index (χ4n) is 8.71. The second-order valence-corrected chi connectivity index (χ2v) is 11.6. The van der Waals surface area contributed by atoms with Gasteiger partial charge in [0.2, 0.25) is 0 Å². The lowest BCUT2D eigenvalue weighted by atomic mass is 9.40. The van der Waals surface area contributed by atoms with Crippen LogP contribution in [0, 0.1) is 34.0 Å². The smallest absolute Gasteiger partial charge is 0.303 e. The zero-order valence-corrected chi connectivity index (χ0v) is 20.4. The Bertz CT molecular complexity index is 845. The maximum Gasteiger partial charge on any atom is 0.303 e. The van der Waals surface area contributed by atoms with Crippen LogP contribution in [0.5, 0.6) is 0 Å². The molecule has 4 aliphatic rings. The quantitative estimate of drug-likeness (QED) is 0.358. The van der Waals surface area contributed by atoms with Crippen molar-refractivity contribution >= 4 is 17.9 Å². The van der Waals surface area contributed by atoms with Crippen molar-refractivity contribution in [3.8, 4) is 0 Å². The first-order chi connectivity index (χ1) is 14.8. The van der Waals surface area contributed by atoms with Crippen LogP contribution in [-0.2, 0) is 28.6 Å². The summed E-state index contributed by atoms with van der Waals surface area (Å²) >= 11 is 0. The van der Waals surface area contributed by atoms with Gasteiger partial charge in [-0.15, -0.1) is 0 Å². The van der Waals surface area contributed by atoms with E-state index in [2.05, 4.69) is 27.4 Å². The molecule has 0 heterocycles. The molecular weight excluding hydrogens is 408 g/mol. The van der Waals surface area contributed by atoms with E-state index in [1.807, 2.05) is 0 Å². The van der Waals surface area contributed by atoms with E-state index in [0.717, 1.165) is 44.1 Å². The molecule has 4 rings (SSSR count). The highest BCUT2D eigenvalue weighted by atomic mass is 16.6. The first-order valence-electron chi connectivity index (χ1n) is 12.0. The Balaban J connectivity index is 1.79. The van der Waals surface area contributed by atoms with Gasteiger partial charge in [0.1, 0.15) is 18.3 Å². The number of fused-ring (bicyclic) bond motifs is 3. The molecule has 0 radical (unpaired) electrons. The number of rotatable bonds is 3. The van der Waals surface area contributed by atoms with E-state index < -0.39 is 0 Å². The standard InChI is InChI=1S/C26H38O6/c1-14-18-12-19(30-15(2)27)22-25(7)10-9-21(31-16(3)28)24(5,6)20(25)8-11-26(22,13-18)23(14)32-17(4)29/h18-23H,1,8-13H2,2-7H3/t18-,19-,20?,21+,22-,23+,25+,26+/m0/s1. The molecule has 0 aromatic carbocycles. The first kappa shape index (κ1) is 23.3. The fourth-order valence-corrected chi connectivity index (χ4v) is 8.71. The Morgan fingerprint density at radius 2 is 1.53 bits per heavy atom. The van der Waals surface area contributed by atoms with Gasteiger partial charge in [-0.1, -0.05) is 27.4 Å². The number of esters is 3. The van der Waals surface area contributed by atoms with Gasteiger partial charge in [-0.2, -0.15) is 0 Å². The lowest BCUT2D eigenvalue weighted by molar-refractivity contribution is -0.236. The summed E-state index contributed by atoms with van der Waals surface area (Å²) in [5, 5.41) is 0. The van der Waals surface area contributed by atoms with Crippen molar-refractivity contribution in [1.82, 2.24) is 0 Å². The SMILES string of the molecule is C=C1[C@H]2C[C@H](OC(C)=O)[C@@H]3[C@@](CCC4C(C)(C)[C@H](OC(C)=O)CC[C@]43C)(C2)[C@@H]1OC(C)=O. The van der Waals surface area contributed by atoms with E-state index in [1.54, 1.807) is 0 Å². The van der Waals surface area contributed by atoms with E-state index in [0.29, 0.717) is 5.92 Å². The highest BCUT2D eigenvalue weighted by Crippen LogP contribution is 2.73. The van der Waals surface area contributed by atoms with Gasteiger partial charge in [0.25, 0.3) is 0 Å². The Hall–Kier alpha value is -1.85. The van der Waals surface area contributed by atoms with Crippen LogP contribution in [-0.4, -0.2) is 36.2 Å². The van der Waals surface area contributed by atoms with Crippen molar-refractivity contribution < 1.29 is 28.6 Å². The molecule has 0 saturated heterocycles. The zero-order chi connectivity index (χ0) is 23.6. The highest BCUT2D eigenvalue weighted by Gasteiger charge is 2.71. The summed E-state index contributed by atoms with van der Waals surface area (Å²) < 4.78 is 17.7. The molecule has 2 bridgehead atoms. The summed E-state index contributed by atoms with van der Waals surface area (Å²) in [4.78, 5) is 36.0. The van der Waals surface area contributed by atoms with Crippen LogP contribution in [0.1, 0.15) is 80.1 Å². The minimum absolute atomic E-state index is 0.0649. The molecule has 1 spiro atoms. The molecule has 0 aliphatic heterocycles. The van der Waals surface area contributed by atoms with E-state index in [9.17, 15) is 14.4 Å². The molecule has 6 heteroatoms. The summed E-state index contributed by atoms with van der Waals surface area (Å²) in [6.07, 6.45) is 4.50. The Morgan fingerprint density at radius 3 is 2.12 bits per heavy atom. The number of hydrogen-bond acceptors (Lipinski definition) is 6. The minimum atomic E-state index is -0.331. The molecule has 4 aliphatic carbocycles. The number of hydrogen-bond donors (Lipinski definition) is 0. The van der Waals surface area contributed by atoms with Crippen molar-refractivity contribution in [2.24, 2.45) is 34.0 Å². The van der Waals surface area contributed by atoms with Crippen LogP contribution in [0.25, 0.3) is 0 Å². The van der Waals surface area contributed by atoms with Crippen molar-refractivity contribution in [2.75, 3.05) is 0 Å². The molecule has 32 heavy (non-hydrogen) atoms. The lowest BCUT2D eigenvalue weighted by Gasteiger charge is -2.66. The van der Waals surface area contributed by atoms with Gasteiger partial charge in [-0.3, -0.25) is 14.4 Å². The van der Waals surface area contributed by atoms with Gasteiger partial charge in [0.15, 0.2) is 0 Å². The van der Waals surface area contributed by atoms with Crippen LogP contribution in [0.3, 0.4) is 0 Å². The predicted octanol–water partition coefficient (Wildman–Crippen LogP) is 4.60. The van der Waals surface area contributed by atoms with Crippen molar-refractivity contribution in [2.45, 2.75) is 98.4 Å². The Kier molecular flexibility index (Phi) is 5.53. The summed E-state index contributed by atoms with van der Waals surface area (Å²) in [5.74, 6) is -0.225. The van der Waals surface area contributed by atoms with Gasteiger partial charge >= 0.3 is 17.9 Å². The van der Waals surface area contributed by atoms with Crippen LogP contribution >= 0.6 is 0 Å². The molecule has 4 saturated carbocycles. The molecule has 0 amide bonds. The van der Waals surface area contributed by atoms with Gasteiger partial charge in [-0.25, -0.2) is 0 Å². The van der Waals surface area contributed by atoms with Crippen LogP contribution in [0.2, 0.25) is 0 Å². The number of carbonyl (C=O) groups excluding carboxylic acids is 3. The summed E-state index contributed by atoms with van der Waals surface area (Å²) in [7, 11) is 0. The predicted molar refractivity (Wildman–Crippen MR) is 118 cm³/mol. The Labute approximate surface area is 191 Å². The second-order valence-electron chi connectivity index (χ2n) is 11.6. The van der Waals surface area contributed by atoms with Crippen molar-refractivity contribution in [3.63, 3.8) is 0 Å². The molecule has 4 fully saturated rings. The number of carbonyl (C=O) groups is 3. The topological polar surface area (TPSA) is 78.9 Å². The van der Waals surface area contributed by atoms with E-state index in [1.165, 1.54) is 20.8 Å². The monoisotopic (exact) mass is 446 g/mol. The molecule has 8 atom stereocenters. The minimum Gasteiger partial charge on any atom is -0.462 e. The normalized spacial score (nSPS) is 44.1. The molecule has 178 valence electrons. The van der Waals surface area contributed by atoms with Crippen LogP contribution < -0.4 is 0 Å². The molecule has 0 N–H and O–H groups in total. The van der Waals surface area contributed by atoms with Crippen molar-refractivity contribution in [3.05, 3.63) is 12.2 Å². The van der Waals surface area contributed by atoms with Gasteiger partial charge in [-0.05, 0) is 61.3 Å². The molecule has 0 aromatic heterocycles. The Morgan fingerprint density at radius 1 is 0.906 bits per heavy atom. The highest BCUT2D eigenvalue weighted by molar-refractivity contribution is 5.67. The third-order valence-corrected chi connectivity index (χ3v) is 9.51. The number of ether oxygens (including phenoxy) is 3.